The maximum atomic E-state index is 16.2. The van der Waals surface area contributed by atoms with E-state index in [0.29, 0.717) is 24.3 Å². The van der Waals surface area contributed by atoms with Crippen molar-refractivity contribution in [3.63, 3.8) is 0 Å². The summed E-state index contributed by atoms with van der Waals surface area (Å²) in [6.45, 7) is 1.07. The van der Waals surface area contributed by atoms with E-state index in [1.165, 1.54) is 6.07 Å². The third kappa shape index (κ3) is 9.10. The van der Waals surface area contributed by atoms with Gasteiger partial charge in [-0.2, -0.15) is 26.3 Å². The Balaban J connectivity index is 1.95. The normalized spacial score (nSPS) is 16.9. The van der Waals surface area contributed by atoms with Gasteiger partial charge in [-0.3, -0.25) is 0 Å². The van der Waals surface area contributed by atoms with E-state index in [4.69, 9.17) is 51.9 Å². The number of rotatable bonds is 13. The van der Waals surface area contributed by atoms with Gasteiger partial charge in [0, 0.05) is 35.2 Å². The molecule has 61 heavy (non-hydrogen) atoms. The molecule has 0 radical (unpaired) electrons. The number of halogens is 14. The summed E-state index contributed by atoms with van der Waals surface area (Å²) < 4.78 is 175. The first-order valence-electron chi connectivity index (χ1n) is 18.1. The summed E-state index contributed by atoms with van der Waals surface area (Å²) in [6.07, 6.45) is -12.6. The van der Waals surface area contributed by atoms with Gasteiger partial charge >= 0.3 is 12.4 Å². The fourth-order valence-corrected chi connectivity index (χ4v) is 8.69. The van der Waals surface area contributed by atoms with Crippen LogP contribution in [0.15, 0.2) is 91.0 Å². The van der Waals surface area contributed by atoms with Crippen LogP contribution in [0.2, 0.25) is 10.0 Å². The van der Waals surface area contributed by atoms with E-state index in [9.17, 15) is 39.5 Å². The van der Waals surface area contributed by atoms with Gasteiger partial charge in [-0.15, -0.1) is 0 Å². The average molecular weight is 911 g/mol. The molecule has 0 saturated carbocycles. The van der Waals surface area contributed by atoms with Crippen molar-refractivity contribution >= 4 is 23.2 Å². The van der Waals surface area contributed by atoms with Crippen molar-refractivity contribution in [2.24, 2.45) is 28.7 Å². The molecule has 5 nitrogen and oxygen atoms in total. The maximum absolute atomic E-state index is 16.2. The minimum Gasteiger partial charge on any atom is -0.326 e. The van der Waals surface area contributed by atoms with Crippen molar-refractivity contribution in [2.45, 2.75) is 73.2 Å². The van der Waals surface area contributed by atoms with Crippen molar-refractivity contribution < 1.29 is 52.7 Å². The first-order valence-corrected chi connectivity index (χ1v) is 18.8. The van der Waals surface area contributed by atoms with Gasteiger partial charge in [0.05, 0.1) is 32.3 Å². The Kier molecular flexibility index (Phi) is 13.6. The lowest BCUT2D eigenvalue weighted by atomic mass is 9.47. The zero-order chi connectivity index (χ0) is 45.6. The molecule has 0 aliphatic carbocycles. The molecule has 0 saturated heterocycles. The number of alkyl halides is 6. The summed E-state index contributed by atoms with van der Waals surface area (Å²) in [5, 5.41) is -0.925. The zero-order valence-corrected chi connectivity index (χ0v) is 33.2. The van der Waals surface area contributed by atoms with E-state index in [0.717, 1.165) is 61.5 Å². The second kappa shape index (κ2) is 17.4. The minimum atomic E-state index is -5.21. The second-order valence-corrected chi connectivity index (χ2v) is 15.8. The van der Waals surface area contributed by atoms with Crippen molar-refractivity contribution in [2.75, 3.05) is 0 Å². The SMILES string of the molecule is CC(N)(c1ccc(F)cc1F)C(N)(C(N)Cc1ccc(C(F)(F)F)c(F)c1)C(c1ccc(Cl)c(F)c1)(C(N)Cc1ccc(F)c(Cl)c1)C(N)Cc1ccc(F)cc1C(F)(F)F. The van der Waals surface area contributed by atoms with Gasteiger partial charge in [0.2, 0.25) is 0 Å². The lowest BCUT2D eigenvalue weighted by Gasteiger charge is -2.63. The van der Waals surface area contributed by atoms with Gasteiger partial charge in [0.15, 0.2) is 0 Å². The molecule has 328 valence electrons. The first kappa shape index (κ1) is 47.7. The highest BCUT2D eigenvalue weighted by Gasteiger charge is 2.67. The summed E-state index contributed by atoms with van der Waals surface area (Å²) in [7, 11) is 0. The average Bonchev–Trinajstić information content (AvgIpc) is 3.14. The number of nitrogens with two attached hydrogens (primary N) is 5. The van der Waals surface area contributed by atoms with Gasteiger partial charge < -0.3 is 28.7 Å². The summed E-state index contributed by atoms with van der Waals surface area (Å²) in [4.78, 5) is 0. The van der Waals surface area contributed by atoms with Crippen LogP contribution in [0.1, 0.15) is 45.9 Å². The second-order valence-electron chi connectivity index (χ2n) is 15.0. The predicted molar refractivity (Wildman–Crippen MR) is 207 cm³/mol. The molecular weight excluding hydrogens is 873 g/mol. The summed E-state index contributed by atoms with van der Waals surface area (Å²) in [5.41, 5.74) is 22.9. The smallest absolute Gasteiger partial charge is 0.326 e. The molecule has 19 heteroatoms. The first-order chi connectivity index (χ1) is 28.2. The zero-order valence-electron chi connectivity index (χ0n) is 31.7. The van der Waals surface area contributed by atoms with Crippen LogP contribution in [0.25, 0.3) is 0 Å². The molecule has 10 N–H and O–H groups in total. The monoisotopic (exact) mass is 909 g/mol. The Morgan fingerprint density at radius 2 is 1.02 bits per heavy atom. The number of hydrogen-bond donors (Lipinski definition) is 5. The maximum Gasteiger partial charge on any atom is 0.419 e. The van der Waals surface area contributed by atoms with Crippen molar-refractivity contribution in [3.05, 3.63) is 175 Å². The van der Waals surface area contributed by atoms with E-state index in [-0.39, 0.29) is 22.8 Å². The number of hydrogen-bond acceptors (Lipinski definition) is 5. The predicted octanol–water partition coefficient (Wildman–Crippen LogP) is 9.38. The molecule has 0 bridgehead atoms. The van der Waals surface area contributed by atoms with Crippen LogP contribution in [0.5, 0.6) is 0 Å². The Labute approximate surface area is 351 Å². The van der Waals surface area contributed by atoms with Crippen molar-refractivity contribution in [1.82, 2.24) is 0 Å². The molecule has 0 aliphatic rings. The molecule has 5 aromatic rings. The lowest BCUT2D eigenvalue weighted by molar-refractivity contribution is -0.140. The van der Waals surface area contributed by atoms with E-state index < -0.39 is 133 Å². The number of benzene rings is 5. The van der Waals surface area contributed by atoms with Gasteiger partial charge in [0.1, 0.15) is 34.9 Å². The van der Waals surface area contributed by atoms with Gasteiger partial charge in [0.25, 0.3) is 0 Å². The van der Waals surface area contributed by atoms with Crippen LogP contribution in [-0.4, -0.2) is 23.7 Å². The Bertz CT molecular complexity index is 2410. The van der Waals surface area contributed by atoms with Crippen LogP contribution < -0.4 is 28.7 Å². The molecule has 0 fully saturated rings. The van der Waals surface area contributed by atoms with Gasteiger partial charge in [-0.05, 0) is 103 Å². The topological polar surface area (TPSA) is 130 Å². The van der Waals surface area contributed by atoms with E-state index in [1.807, 2.05) is 0 Å². The third-order valence-electron chi connectivity index (χ3n) is 11.2. The summed E-state index contributed by atoms with van der Waals surface area (Å²) in [5.74, 6) is -7.55. The highest BCUT2D eigenvalue weighted by atomic mass is 35.5. The van der Waals surface area contributed by atoms with Crippen molar-refractivity contribution in [3.8, 4) is 0 Å². The third-order valence-corrected chi connectivity index (χ3v) is 11.8. The summed E-state index contributed by atoms with van der Waals surface area (Å²) in [6, 6.07) is 5.89. The van der Waals surface area contributed by atoms with Crippen LogP contribution in [0.3, 0.4) is 0 Å². The highest BCUT2D eigenvalue weighted by molar-refractivity contribution is 6.31. The minimum absolute atomic E-state index is 0.120. The lowest BCUT2D eigenvalue weighted by Crippen LogP contribution is -2.86. The molecule has 6 unspecified atom stereocenters. The van der Waals surface area contributed by atoms with Gasteiger partial charge in [-0.25, -0.2) is 26.3 Å². The summed E-state index contributed by atoms with van der Waals surface area (Å²) >= 11 is 12.2. The van der Waals surface area contributed by atoms with Gasteiger partial charge in [-0.1, -0.05) is 53.5 Å². The molecule has 0 heterocycles. The standard InChI is InChI=1S/C42H37Cl2F12N5/c1-38(60,26-9-7-25(46)19-33(26)49)40(61,37(59)15-21-2-8-27(32(48)13-21)41(51,52)53)39(23-5-10-29(43)34(50)17-23,35(57)14-20-3-11-31(47)30(44)12-20)36(58)16-22-4-6-24(45)18-28(22)42(54,55)56/h2-13,17-19,35-37H,14-16,57-61H2,1H3. The molecule has 0 spiro atoms. The van der Waals surface area contributed by atoms with E-state index in [1.54, 1.807) is 0 Å². The molecular formula is C42H37Cl2F12N5. The van der Waals surface area contributed by atoms with E-state index >= 15 is 13.2 Å². The molecule has 6 atom stereocenters. The highest BCUT2D eigenvalue weighted by Crippen LogP contribution is 2.52. The Morgan fingerprint density at radius 1 is 0.492 bits per heavy atom. The molecule has 0 aliphatic heterocycles. The molecule has 0 aromatic heterocycles. The fourth-order valence-electron chi connectivity index (χ4n) is 8.36. The van der Waals surface area contributed by atoms with Crippen LogP contribution >= 0.6 is 23.2 Å². The largest absolute Gasteiger partial charge is 0.419 e. The van der Waals surface area contributed by atoms with Crippen LogP contribution in [0.4, 0.5) is 52.7 Å². The Morgan fingerprint density at radius 3 is 1.59 bits per heavy atom. The fraction of sp³-hybridized carbons (Fsp3) is 0.286. The quantitative estimate of drug-likeness (QED) is 0.0753. The molecule has 5 aromatic carbocycles. The van der Waals surface area contributed by atoms with Crippen molar-refractivity contribution in [1.29, 1.82) is 0 Å². The van der Waals surface area contributed by atoms with E-state index in [2.05, 4.69) is 0 Å². The Hall–Kier alpha value is -4.36. The molecule has 0 amide bonds. The molecule has 5 rings (SSSR count). The van der Waals surface area contributed by atoms with Crippen LogP contribution in [0, 0.1) is 34.9 Å². The van der Waals surface area contributed by atoms with Crippen LogP contribution in [-0.2, 0) is 42.6 Å².